The minimum absolute atomic E-state index is 0.418. The molecule has 1 saturated carbocycles. The van der Waals surface area contributed by atoms with E-state index in [1.165, 1.54) is 60.2 Å². The molecule has 3 aliphatic rings. The van der Waals surface area contributed by atoms with Crippen LogP contribution in [0.5, 0.6) is 0 Å². The lowest BCUT2D eigenvalue weighted by molar-refractivity contribution is -0.892. The van der Waals surface area contributed by atoms with Gasteiger partial charge in [0.2, 0.25) is 0 Å². The third kappa shape index (κ3) is 4.01. The van der Waals surface area contributed by atoms with Crippen LogP contribution in [0.4, 0.5) is 5.69 Å². The molecule has 1 N–H and O–H groups in total. The van der Waals surface area contributed by atoms with Gasteiger partial charge in [0.05, 0.1) is 26.2 Å². The standard InChI is InChI=1S/C23H35N3O/c1-18-7-5-11-21(19(18)2)25-15-13-24(14-16-25)17-23(27)26-12-6-9-20-8-3-4-10-22(20)26/h5,7,11,20,22H,3-4,6,8-10,12-17H2,1-2H3/p+1/t20-,22-/m0/s1. The number of rotatable bonds is 3. The number of fused-ring (bicyclic) bond motifs is 1. The maximum Gasteiger partial charge on any atom is 0.278 e. The molecule has 0 unspecified atom stereocenters. The monoisotopic (exact) mass is 370 g/mol. The summed E-state index contributed by atoms with van der Waals surface area (Å²) in [5.41, 5.74) is 4.14. The number of nitrogens with zero attached hydrogens (tertiary/aromatic N) is 2. The van der Waals surface area contributed by atoms with Crippen LogP contribution >= 0.6 is 0 Å². The Kier molecular flexibility index (Phi) is 5.72. The SMILES string of the molecule is Cc1cccc(N2CC[NH+](CC(=O)N3CCC[C@@H]4CCCC[C@@H]43)CC2)c1C. The van der Waals surface area contributed by atoms with Crippen molar-refractivity contribution in [2.24, 2.45) is 5.92 Å². The number of piperazine rings is 1. The van der Waals surface area contributed by atoms with Crippen molar-refractivity contribution in [1.82, 2.24) is 4.90 Å². The molecule has 1 aromatic rings. The Balaban J connectivity index is 1.32. The number of nitrogens with one attached hydrogen (secondary N) is 1. The molecule has 4 rings (SSSR count). The van der Waals surface area contributed by atoms with Crippen molar-refractivity contribution in [2.75, 3.05) is 44.2 Å². The van der Waals surface area contributed by atoms with Crippen LogP contribution in [-0.2, 0) is 4.79 Å². The van der Waals surface area contributed by atoms with Crippen LogP contribution in [-0.4, -0.2) is 56.1 Å². The van der Waals surface area contributed by atoms with Gasteiger partial charge in [0, 0.05) is 18.3 Å². The summed E-state index contributed by atoms with van der Waals surface area (Å²) >= 11 is 0. The second-order valence-electron chi connectivity index (χ2n) is 8.97. The van der Waals surface area contributed by atoms with E-state index in [1.54, 1.807) is 0 Å². The molecule has 1 aliphatic carbocycles. The predicted molar refractivity (Wildman–Crippen MR) is 110 cm³/mol. The van der Waals surface area contributed by atoms with E-state index >= 15 is 0 Å². The molecular weight excluding hydrogens is 334 g/mol. The molecule has 4 nitrogen and oxygen atoms in total. The smallest absolute Gasteiger partial charge is 0.278 e. The zero-order valence-corrected chi connectivity index (χ0v) is 17.2. The third-order valence-electron chi connectivity index (χ3n) is 7.35. The van der Waals surface area contributed by atoms with Crippen molar-refractivity contribution >= 4 is 11.6 Å². The highest BCUT2D eigenvalue weighted by molar-refractivity contribution is 5.77. The van der Waals surface area contributed by atoms with Crippen molar-refractivity contribution in [3.63, 3.8) is 0 Å². The summed E-state index contributed by atoms with van der Waals surface area (Å²) in [5, 5.41) is 0. The van der Waals surface area contributed by atoms with Gasteiger partial charge in [-0.2, -0.15) is 0 Å². The van der Waals surface area contributed by atoms with Crippen molar-refractivity contribution < 1.29 is 9.69 Å². The highest BCUT2D eigenvalue weighted by Gasteiger charge is 2.37. The molecule has 4 heteroatoms. The highest BCUT2D eigenvalue weighted by atomic mass is 16.2. The van der Waals surface area contributed by atoms with Crippen LogP contribution in [0, 0.1) is 19.8 Å². The van der Waals surface area contributed by atoms with Crippen LogP contribution < -0.4 is 9.80 Å². The van der Waals surface area contributed by atoms with Crippen LogP contribution in [0.25, 0.3) is 0 Å². The molecule has 1 aromatic carbocycles. The molecule has 0 bridgehead atoms. The number of anilines is 1. The van der Waals surface area contributed by atoms with E-state index in [2.05, 4.69) is 41.8 Å². The molecule has 0 aromatic heterocycles. The van der Waals surface area contributed by atoms with Gasteiger partial charge in [0.25, 0.3) is 5.91 Å². The molecule has 0 radical (unpaired) electrons. The highest BCUT2D eigenvalue weighted by Crippen LogP contribution is 2.35. The minimum Gasteiger partial charge on any atom is -0.360 e. The first-order valence-corrected chi connectivity index (χ1v) is 11.1. The van der Waals surface area contributed by atoms with Gasteiger partial charge in [0.15, 0.2) is 6.54 Å². The molecule has 2 aliphatic heterocycles. The van der Waals surface area contributed by atoms with Crippen molar-refractivity contribution in [3.05, 3.63) is 29.3 Å². The van der Waals surface area contributed by atoms with E-state index in [0.717, 1.165) is 38.6 Å². The first kappa shape index (κ1) is 18.8. The summed E-state index contributed by atoms with van der Waals surface area (Å²) in [6.45, 7) is 10.4. The van der Waals surface area contributed by atoms with E-state index < -0.39 is 0 Å². The summed E-state index contributed by atoms with van der Waals surface area (Å²) in [7, 11) is 0. The quantitative estimate of drug-likeness (QED) is 0.883. The van der Waals surface area contributed by atoms with Gasteiger partial charge < -0.3 is 14.7 Å². The Morgan fingerprint density at radius 3 is 2.59 bits per heavy atom. The fraction of sp³-hybridized carbons (Fsp3) is 0.696. The Morgan fingerprint density at radius 1 is 1.04 bits per heavy atom. The van der Waals surface area contributed by atoms with Crippen LogP contribution in [0.15, 0.2) is 18.2 Å². The maximum atomic E-state index is 13.1. The van der Waals surface area contributed by atoms with Gasteiger partial charge in [-0.05, 0) is 62.6 Å². The number of aryl methyl sites for hydroxylation is 1. The normalized spacial score (nSPS) is 26.7. The topological polar surface area (TPSA) is 28.0 Å². The Labute approximate surface area is 164 Å². The molecule has 3 fully saturated rings. The molecule has 27 heavy (non-hydrogen) atoms. The molecule has 1 amide bonds. The van der Waals surface area contributed by atoms with E-state index in [-0.39, 0.29) is 0 Å². The average molecular weight is 371 g/mol. The lowest BCUT2D eigenvalue weighted by atomic mass is 9.78. The van der Waals surface area contributed by atoms with Crippen LogP contribution in [0.1, 0.15) is 49.7 Å². The lowest BCUT2D eigenvalue weighted by Crippen LogP contribution is -3.16. The van der Waals surface area contributed by atoms with Crippen LogP contribution in [0.3, 0.4) is 0 Å². The van der Waals surface area contributed by atoms with Crippen molar-refractivity contribution in [2.45, 2.75) is 58.4 Å². The zero-order chi connectivity index (χ0) is 18.8. The summed E-state index contributed by atoms with van der Waals surface area (Å²) in [6.07, 6.45) is 7.82. The first-order chi connectivity index (χ1) is 13.1. The number of carbonyl (C=O) groups excluding carboxylic acids is 1. The fourth-order valence-electron chi connectivity index (χ4n) is 5.57. The molecular formula is C23H36N3O+. The van der Waals surface area contributed by atoms with Crippen molar-refractivity contribution in [3.8, 4) is 0 Å². The number of hydrogen-bond donors (Lipinski definition) is 1. The molecule has 2 heterocycles. The first-order valence-electron chi connectivity index (χ1n) is 11.1. The van der Waals surface area contributed by atoms with Crippen LogP contribution in [0.2, 0.25) is 0 Å². The van der Waals surface area contributed by atoms with Gasteiger partial charge in [-0.3, -0.25) is 4.79 Å². The predicted octanol–water partition coefficient (Wildman–Crippen LogP) is 2.19. The molecule has 148 valence electrons. The number of carbonyl (C=O) groups is 1. The summed E-state index contributed by atoms with van der Waals surface area (Å²) in [5.74, 6) is 1.20. The summed E-state index contributed by atoms with van der Waals surface area (Å²) in [4.78, 5) is 19.3. The molecule has 0 spiro atoms. The van der Waals surface area contributed by atoms with E-state index in [4.69, 9.17) is 0 Å². The fourth-order valence-corrected chi connectivity index (χ4v) is 5.57. The number of quaternary nitrogens is 1. The number of benzene rings is 1. The lowest BCUT2D eigenvalue weighted by Gasteiger charge is -2.44. The average Bonchev–Trinajstić information content (AvgIpc) is 2.70. The second kappa shape index (κ2) is 8.22. The number of hydrogen-bond acceptors (Lipinski definition) is 2. The van der Waals surface area contributed by atoms with E-state index in [0.29, 0.717) is 18.5 Å². The molecule has 2 atom stereocenters. The van der Waals surface area contributed by atoms with Gasteiger partial charge >= 0.3 is 0 Å². The van der Waals surface area contributed by atoms with Crippen molar-refractivity contribution in [1.29, 1.82) is 0 Å². The Bertz CT molecular complexity index is 664. The number of piperidine rings is 1. The Morgan fingerprint density at radius 2 is 1.78 bits per heavy atom. The van der Waals surface area contributed by atoms with Gasteiger partial charge in [-0.1, -0.05) is 25.0 Å². The van der Waals surface area contributed by atoms with Gasteiger partial charge in [-0.15, -0.1) is 0 Å². The second-order valence-corrected chi connectivity index (χ2v) is 8.97. The Hall–Kier alpha value is -1.55. The number of amides is 1. The maximum absolute atomic E-state index is 13.1. The van der Waals surface area contributed by atoms with E-state index in [9.17, 15) is 4.79 Å². The largest absolute Gasteiger partial charge is 0.360 e. The van der Waals surface area contributed by atoms with Gasteiger partial charge in [-0.25, -0.2) is 0 Å². The van der Waals surface area contributed by atoms with E-state index in [1.807, 2.05) is 0 Å². The summed E-state index contributed by atoms with van der Waals surface area (Å²) in [6, 6.07) is 7.15. The zero-order valence-electron chi connectivity index (χ0n) is 17.2. The number of likely N-dealkylation sites (tertiary alicyclic amines) is 1. The molecule has 2 saturated heterocycles. The summed E-state index contributed by atoms with van der Waals surface area (Å²) < 4.78 is 0. The van der Waals surface area contributed by atoms with Gasteiger partial charge in [0.1, 0.15) is 0 Å². The minimum atomic E-state index is 0.418. The third-order valence-corrected chi connectivity index (χ3v) is 7.35.